The van der Waals surface area contributed by atoms with Crippen LogP contribution in [0.2, 0.25) is 0 Å². The lowest BCUT2D eigenvalue weighted by molar-refractivity contribution is 0.171. The smallest absolute Gasteiger partial charge is 0.0735 e. The van der Waals surface area contributed by atoms with Crippen molar-refractivity contribution in [2.45, 2.75) is 52.1 Å². The fourth-order valence-corrected chi connectivity index (χ4v) is 3.00. The fourth-order valence-electron chi connectivity index (χ4n) is 2.44. The average Bonchev–Trinajstić information content (AvgIpc) is 2.35. The van der Waals surface area contributed by atoms with Gasteiger partial charge in [-0.15, -0.1) is 0 Å². The summed E-state index contributed by atoms with van der Waals surface area (Å²) < 4.78 is 1.03. The maximum absolute atomic E-state index is 9.40. The van der Waals surface area contributed by atoms with Gasteiger partial charge in [0.2, 0.25) is 0 Å². The van der Waals surface area contributed by atoms with E-state index >= 15 is 0 Å². The van der Waals surface area contributed by atoms with E-state index in [0.29, 0.717) is 12.1 Å². The van der Waals surface area contributed by atoms with Crippen LogP contribution in [-0.4, -0.2) is 23.5 Å². The van der Waals surface area contributed by atoms with Gasteiger partial charge in [0.05, 0.1) is 12.0 Å². The minimum atomic E-state index is -0.0458. The molecule has 0 heterocycles. The van der Waals surface area contributed by atoms with Crippen LogP contribution in [-0.2, 0) is 0 Å². The predicted molar refractivity (Wildman–Crippen MR) is 84.1 cm³/mol. The second-order valence-electron chi connectivity index (χ2n) is 5.42. The molecule has 0 unspecified atom stereocenters. The molecular weight excluding hydrogens is 300 g/mol. The van der Waals surface area contributed by atoms with Crippen LogP contribution in [0.25, 0.3) is 0 Å². The summed E-state index contributed by atoms with van der Waals surface area (Å²) in [5, 5.41) is 9.40. The van der Waals surface area contributed by atoms with Crippen LogP contribution in [0.1, 0.15) is 45.6 Å². The second kappa shape index (κ2) is 7.67. The Morgan fingerprint density at radius 1 is 1.16 bits per heavy atom. The molecule has 0 N–H and O–H groups in total. The molecule has 0 bridgehead atoms. The molecule has 0 saturated carbocycles. The minimum absolute atomic E-state index is 0.0458. The molecule has 0 fully saturated rings. The molecule has 19 heavy (non-hydrogen) atoms. The van der Waals surface area contributed by atoms with Gasteiger partial charge in [0.25, 0.3) is 0 Å². The number of benzene rings is 1. The highest BCUT2D eigenvalue weighted by Gasteiger charge is 2.18. The molecule has 1 aromatic carbocycles. The first-order valence-corrected chi connectivity index (χ1v) is 7.66. The zero-order valence-corrected chi connectivity index (χ0v) is 13.8. The van der Waals surface area contributed by atoms with Crippen LogP contribution in [0.3, 0.4) is 0 Å². The molecule has 1 rings (SSSR count). The Morgan fingerprint density at radius 2 is 1.74 bits per heavy atom. The van der Waals surface area contributed by atoms with Crippen molar-refractivity contribution < 1.29 is 0 Å². The van der Waals surface area contributed by atoms with Crippen molar-refractivity contribution in [3.63, 3.8) is 0 Å². The van der Waals surface area contributed by atoms with Crippen LogP contribution < -0.4 is 0 Å². The molecular formula is C16H23BrN2. The zero-order chi connectivity index (χ0) is 14.4. The van der Waals surface area contributed by atoms with E-state index in [1.54, 1.807) is 0 Å². The average molecular weight is 323 g/mol. The number of halogens is 1. The van der Waals surface area contributed by atoms with Gasteiger partial charge in [-0.2, -0.15) is 5.26 Å². The third kappa shape index (κ3) is 4.63. The van der Waals surface area contributed by atoms with Gasteiger partial charge in [0.1, 0.15) is 0 Å². The van der Waals surface area contributed by atoms with Crippen molar-refractivity contribution in [1.29, 1.82) is 5.26 Å². The van der Waals surface area contributed by atoms with E-state index in [4.69, 9.17) is 0 Å². The monoisotopic (exact) mass is 322 g/mol. The van der Waals surface area contributed by atoms with Gasteiger partial charge in [-0.25, -0.2) is 0 Å². The van der Waals surface area contributed by atoms with E-state index in [1.165, 1.54) is 0 Å². The quantitative estimate of drug-likeness (QED) is 0.767. The third-order valence-electron chi connectivity index (χ3n) is 3.44. The van der Waals surface area contributed by atoms with Gasteiger partial charge in [-0.05, 0) is 45.7 Å². The highest BCUT2D eigenvalue weighted by molar-refractivity contribution is 9.10. The molecule has 1 aromatic rings. The van der Waals surface area contributed by atoms with Crippen molar-refractivity contribution in [3.8, 4) is 6.07 Å². The van der Waals surface area contributed by atoms with E-state index in [-0.39, 0.29) is 5.92 Å². The summed E-state index contributed by atoms with van der Waals surface area (Å²) in [6.07, 6.45) is 0.871. The zero-order valence-electron chi connectivity index (χ0n) is 12.2. The number of hydrogen-bond acceptors (Lipinski definition) is 2. The second-order valence-corrected chi connectivity index (χ2v) is 6.27. The molecule has 104 valence electrons. The normalized spacial score (nSPS) is 13.0. The molecule has 0 aliphatic carbocycles. The largest absolute Gasteiger partial charge is 0.298 e. The summed E-state index contributed by atoms with van der Waals surface area (Å²) in [7, 11) is 0. The summed E-state index contributed by atoms with van der Waals surface area (Å²) in [4.78, 5) is 2.43. The van der Waals surface area contributed by atoms with Crippen molar-refractivity contribution in [3.05, 3.63) is 34.3 Å². The lowest BCUT2D eigenvalue weighted by atomic mass is 9.96. The van der Waals surface area contributed by atoms with E-state index < -0.39 is 0 Å². The topological polar surface area (TPSA) is 27.0 Å². The molecule has 0 saturated heterocycles. The summed E-state index contributed by atoms with van der Waals surface area (Å²) in [5.41, 5.74) is 1.09. The van der Waals surface area contributed by atoms with E-state index in [1.807, 2.05) is 24.3 Å². The van der Waals surface area contributed by atoms with E-state index in [0.717, 1.165) is 23.0 Å². The van der Waals surface area contributed by atoms with Crippen molar-refractivity contribution in [2.24, 2.45) is 0 Å². The van der Waals surface area contributed by atoms with Gasteiger partial charge in [0.15, 0.2) is 0 Å². The molecule has 0 amide bonds. The summed E-state index contributed by atoms with van der Waals surface area (Å²) in [6.45, 7) is 9.79. The van der Waals surface area contributed by atoms with Gasteiger partial charge < -0.3 is 0 Å². The van der Waals surface area contributed by atoms with E-state index in [9.17, 15) is 5.26 Å². The van der Waals surface area contributed by atoms with Crippen LogP contribution in [0.5, 0.6) is 0 Å². The van der Waals surface area contributed by atoms with Crippen LogP contribution >= 0.6 is 15.9 Å². The molecule has 2 nitrogen and oxygen atoms in total. The number of nitriles is 1. The number of hydrogen-bond donors (Lipinski definition) is 0. The molecule has 3 heteroatoms. The van der Waals surface area contributed by atoms with Crippen molar-refractivity contribution >= 4 is 15.9 Å². The maximum atomic E-state index is 9.40. The summed E-state index contributed by atoms with van der Waals surface area (Å²) >= 11 is 3.54. The number of rotatable bonds is 6. The van der Waals surface area contributed by atoms with E-state index in [2.05, 4.69) is 54.6 Å². The SMILES string of the molecule is CC(C)N(CC[C@@H](C#N)c1ccccc1Br)C(C)C. The maximum Gasteiger partial charge on any atom is 0.0735 e. The van der Waals surface area contributed by atoms with Crippen LogP contribution in [0, 0.1) is 11.3 Å². The van der Waals surface area contributed by atoms with Crippen molar-refractivity contribution in [1.82, 2.24) is 4.90 Å². The Labute approximate surface area is 125 Å². The first-order chi connectivity index (χ1) is 8.97. The minimum Gasteiger partial charge on any atom is -0.298 e. The standard InChI is InChI=1S/C16H23BrN2/c1-12(2)19(13(3)4)10-9-14(11-18)15-7-5-6-8-16(15)17/h5-8,12-14H,9-10H2,1-4H3/t14-/m0/s1. The number of nitrogens with zero attached hydrogens (tertiary/aromatic N) is 2. The molecule has 0 aromatic heterocycles. The third-order valence-corrected chi connectivity index (χ3v) is 4.16. The molecule has 0 spiro atoms. The van der Waals surface area contributed by atoms with Crippen LogP contribution in [0.4, 0.5) is 0 Å². The van der Waals surface area contributed by atoms with Crippen LogP contribution in [0.15, 0.2) is 28.7 Å². The Balaban J connectivity index is 2.74. The first kappa shape index (κ1) is 16.2. The summed E-state index contributed by atoms with van der Waals surface area (Å²) in [6, 6.07) is 11.5. The highest BCUT2D eigenvalue weighted by Crippen LogP contribution is 2.27. The Kier molecular flexibility index (Phi) is 6.54. The predicted octanol–water partition coefficient (Wildman–Crippen LogP) is 4.57. The Bertz CT molecular complexity index is 427. The lowest BCUT2D eigenvalue weighted by Crippen LogP contribution is -2.38. The van der Waals surface area contributed by atoms with Crippen molar-refractivity contribution in [2.75, 3.05) is 6.54 Å². The van der Waals surface area contributed by atoms with Gasteiger partial charge in [-0.3, -0.25) is 4.90 Å². The Hall–Kier alpha value is -0.850. The van der Waals surface area contributed by atoms with Gasteiger partial charge in [-0.1, -0.05) is 34.1 Å². The lowest BCUT2D eigenvalue weighted by Gasteiger charge is -2.31. The first-order valence-electron chi connectivity index (χ1n) is 6.87. The molecule has 0 aliphatic rings. The highest BCUT2D eigenvalue weighted by atomic mass is 79.9. The summed E-state index contributed by atoms with van der Waals surface area (Å²) in [5.74, 6) is -0.0458. The fraction of sp³-hybridized carbons (Fsp3) is 0.562. The Morgan fingerprint density at radius 3 is 2.21 bits per heavy atom. The van der Waals surface area contributed by atoms with Gasteiger partial charge >= 0.3 is 0 Å². The molecule has 0 radical (unpaired) electrons. The molecule has 0 aliphatic heterocycles. The van der Waals surface area contributed by atoms with Gasteiger partial charge in [0, 0.05) is 23.1 Å². The molecule has 1 atom stereocenters.